The van der Waals surface area contributed by atoms with E-state index in [0.29, 0.717) is 12.8 Å². The van der Waals surface area contributed by atoms with E-state index in [9.17, 15) is 9.59 Å². The maximum atomic E-state index is 11.1. The molecule has 80 valence electrons. The van der Waals surface area contributed by atoms with Gasteiger partial charge in [0.15, 0.2) is 5.12 Å². The quantitative estimate of drug-likeness (QED) is 0.731. The number of amides is 1. The standard InChI is InChI=1S/C9H15NO3S/c1-9(2,3)10(8(12)13)6-4-5-7(11)14-6/h6H,4-5H2,1-3H3,(H,12,13). The van der Waals surface area contributed by atoms with E-state index in [1.165, 1.54) is 4.90 Å². The summed E-state index contributed by atoms with van der Waals surface area (Å²) in [5.41, 5.74) is -0.450. The average molecular weight is 217 g/mol. The van der Waals surface area contributed by atoms with Crippen LogP contribution in [0.1, 0.15) is 33.6 Å². The summed E-state index contributed by atoms with van der Waals surface area (Å²) in [7, 11) is 0. The van der Waals surface area contributed by atoms with E-state index in [2.05, 4.69) is 0 Å². The third kappa shape index (κ3) is 2.41. The smallest absolute Gasteiger partial charge is 0.408 e. The third-order valence-electron chi connectivity index (χ3n) is 2.08. The van der Waals surface area contributed by atoms with Gasteiger partial charge in [0.2, 0.25) is 0 Å². The summed E-state index contributed by atoms with van der Waals surface area (Å²) in [6, 6.07) is 0. The summed E-state index contributed by atoms with van der Waals surface area (Å²) in [5.74, 6) is 0. The molecule has 1 atom stereocenters. The van der Waals surface area contributed by atoms with Crippen molar-refractivity contribution in [2.45, 2.75) is 44.5 Å². The first-order valence-corrected chi connectivity index (χ1v) is 5.42. The highest BCUT2D eigenvalue weighted by Crippen LogP contribution is 2.34. The van der Waals surface area contributed by atoms with Crippen LogP contribution in [0.15, 0.2) is 0 Å². The van der Waals surface area contributed by atoms with Gasteiger partial charge >= 0.3 is 6.09 Å². The second kappa shape index (κ2) is 3.81. The van der Waals surface area contributed by atoms with E-state index in [1.54, 1.807) is 0 Å². The molecule has 1 unspecified atom stereocenters. The first-order chi connectivity index (χ1) is 6.32. The zero-order chi connectivity index (χ0) is 10.9. The number of nitrogens with zero attached hydrogens (tertiary/aromatic N) is 1. The van der Waals surface area contributed by atoms with E-state index in [4.69, 9.17) is 5.11 Å². The number of rotatable bonds is 1. The van der Waals surface area contributed by atoms with Crippen LogP contribution < -0.4 is 0 Å². The Kier molecular flexibility index (Phi) is 3.09. The van der Waals surface area contributed by atoms with Crippen molar-refractivity contribution >= 4 is 23.0 Å². The first kappa shape index (κ1) is 11.4. The van der Waals surface area contributed by atoms with Gasteiger partial charge in [-0.25, -0.2) is 4.79 Å². The van der Waals surface area contributed by atoms with Crippen molar-refractivity contribution in [2.75, 3.05) is 0 Å². The number of carboxylic acid groups (broad SMARTS) is 1. The second-order valence-electron chi connectivity index (χ2n) is 4.31. The lowest BCUT2D eigenvalue weighted by molar-refractivity contribution is -0.110. The van der Waals surface area contributed by atoms with Crippen molar-refractivity contribution in [3.8, 4) is 0 Å². The van der Waals surface area contributed by atoms with Crippen LogP contribution >= 0.6 is 11.8 Å². The van der Waals surface area contributed by atoms with E-state index >= 15 is 0 Å². The average Bonchev–Trinajstić information content (AvgIpc) is 2.31. The van der Waals surface area contributed by atoms with Crippen LogP contribution in [0.2, 0.25) is 0 Å². The molecule has 1 heterocycles. The van der Waals surface area contributed by atoms with Gasteiger partial charge in [0, 0.05) is 12.0 Å². The highest BCUT2D eigenvalue weighted by molar-refractivity contribution is 8.14. The van der Waals surface area contributed by atoms with Crippen molar-refractivity contribution in [1.29, 1.82) is 0 Å². The maximum Gasteiger partial charge on any atom is 0.408 e. The van der Waals surface area contributed by atoms with Gasteiger partial charge in [-0.05, 0) is 27.2 Å². The van der Waals surface area contributed by atoms with Crippen LogP contribution in [0.3, 0.4) is 0 Å². The minimum atomic E-state index is -0.954. The SMILES string of the molecule is CC(C)(C)N(C(=O)O)C1CCC(=O)S1. The molecular formula is C9H15NO3S. The van der Waals surface area contributed by atoms with Gasteiger partial charge in [-0.3, -0.25) is 9.69 Å². The van der Waals surface area contributed by atoms with Gasteiger partial charge in [0.25, 0.3) is 0 Å². The zero-order valence-electron chi connectivity index (χ0n) is 8.61. The molecule has 1 N–H and O–H groups in total. The lowest BCUT2D eigenvalue weighted by Gasteiger charge is -2.36. The zero-order valence-corrected chi connectivity index (χ0v) is 9.43. The molecule has 1 rings (SSSR count). The predicted octanol–water partition coefficient (Wildman–Crippen LogP) is 2.14. The summed E-state index contributed by atoms with van der Waals surface area (Å²) in [4.78, 5) is 23.5. The fourth-order valence-corrected chi connectivity index (χ4v) is 2.82. The summed E-state index contributed by atoms with van der Waals surface area (Å²) in [5, 5.41) is 8.94. The van der Waals surface area contributed by atoms with Crippen LogP contribution in [-0.4, -0.2) is 32.1 Å². The fourth-order valence-electron chi connectivity index (χ4n) is 1.53. The van der Waals surface area contributed by atoms with E-state index < -0.39 is 11.6 Å². The molecule has 1 amide bonds. The number of carbonyl (C=O) groups is 2. The number of hydrogen-bond acceptors (Lipinski definition) is 3. The van der Waals surface area contributed by atoms with Crippen LogP contribution in [0.5, 0.6) is 0 Å². The molecule has 0 saturated carbocycles. The Morgan fingerprint density at radius 1 is 1.57 bits per heavy atom. The molecule has 0 spiro atoms. The van der Waals surface area contributed by atoms with Crippen LogP contribution in [0.25, 0.3) is 0 Å². The van der Waals surface area contributed by atoms with Gasteiger partial charge in [0.1, 0.15) is 0 Å². The summed E-state index contributed by atoms with van der Waals surface area (Å²) < 4.78 is 0. The first-order valence-electron chi connectivity index (χ1n) is 4.54. The predicted molar refractivity (Wildman–Crippen MR) is 55.2 cm³/mol. The molecular weight excluding hydrogens is 202 g/mol. The summed E-state index contributed by atoms with van der Waals surface area (Å²) >= 11 is 1.14. The van der Waals surface area contributed by atoms with Gasteiger partial charge in [-0.2, -0.15) is 0 Å². The topological polar surface area (TPSA) is 57.6 Å². The maximum absolute atomic E-state index is 11.1. The fraction of sp³-hybridized carbons (Fsp3) is 0.778. The molecule has 0 aromatic heterocycles. The Hall–Kier alpha value is -0.710. The van der Waals surface area contributed by atoms with Gasteiger partial charge in [-0.1, -0.05) is 11.8 Å². The van der Waals surface area contributed by atoms with Crippen molar-refractivity contribution in [3.63, 3.8) is 0 Å². The molecule has 5 heteroatoms. The largest absolute Gasteiger partial charge is 0.465 e. The van der Waals surface area contributed by atoms with Crippen molar-refractivity contribution in [3.05, 3.63) is 0 Å². The Balaban J connectivity index is 2.79. The van der Waals surface area contributed by atoms with Gasteiger partial charge < -0.3 is 5.11 Å². The van der Waals surface area contributed by atoms with Crippen molar-refractivity contribution in [2.24, 2.45) is 0 Å². The Bertz CT molecular complexity index is 259. The highest BCUT2D eigenvalue weighted by atomic mass is 32.2. The Labute approximate surface area is 87.7 Å². The molecule has 1 aliphatic heterocycles. The van der Waals surface area contributed by atoms with Gasteiger partial charge in [0.05, 0.1) is 5.37 Å². The van der Waals surface area contributed by atoms with Crippen molar-refractivity contribution < 1.29 is 14.7 Å². The third-order valence-corrected chi connectivity index (χ3v) is 3.27. The number of hydrogen-bond donors (Lipinski definition) is 1. The number of carbonyl (C=O) groups excluding carboxylic acids is 1. The molecule has 1 saturated heterocycles. The molecule has 0 aromatic carbocycles. The van der Waals surface area contributed by atoms with Crippen LogP contribution in [0.4, 0.5) is 4.79 Å². The summed E-state index contributed by atoms with van der Waals surface area (Å²) in [6.45, 7) is 5.51. The molecule has 4 nitrogen and oxygen atoms in total. The minimum absolute atomic E-state index is 0.0884. The highest BCUT2D eigenvalue weighted by Gasteiger charge is 2.37. The lowest BCUT2D eigenvalue weighted by Crippen LogP contribution is -2.49. The van der Waals surface area contributed by atoms with E-state index in [1.807, 2.05) is 20.8 Å². The molecule has 0 aliphatic carbocycles. The molecule has 1 fully saturated rings. The van der Waals surface area contributed by atoms with E-state index in [-0.39, 0.29) is 10.5 Å². The molecule has 0 radical (unpaired) electrons. The molecule has 14 heavy (non-hydrogen) atoms. The monoisotopic (exact) mass is 217 g/mol. The van der Waals surface area contributed by atoms with Crippen LogP contribution in [-0.2, 0) is 4.79 Å². The summed E-state index contributed by atoms with van der Waals surface area (Å²) in [6.07, 6.45) is 0.159. The second-order valence-corrected chi connectivity index (χ2v) is 5.54. The molecule has 0 bridgehead atoms. The van der Waals surface area contributed by atoms with Crippen LogP contribution in [0, 0.1) is 0 Å². The molecule has 1 aliphatic rings. The van der Waals surface area contributed by atoms with Gasteiger partial charge in [-0.15, -0.1) is 0 Å². The van der Waals surface area contributed by atoms with E-state index in [0.717, 1.165) is 11.8 Å². The lowest BCUT2D eigenvalue weighted by atomic mass is 10.1. The Morgan fingerprint density at radius 3 is 2.43 bits per heavy atom. The Morgan fingerprint density at radius 2 is 2.14 bits per heavy atom. The van der Waals surface area contributed by atoms with Crippen molar-refractivity contribution in [1.82, 2.24) is 4.90 Å². The normalized spacial score (nSPS) is 22.5. The molecule has 0 aromatic rings. The number of thioether (sulfide) groups is 1. The minimum Gasteiger partial charge on any atom is -0.465 e.